The first kappa shape index (κ1) is 16.3. The van der Waals surface area contributed by atoms with Crippen LogP contribution in [0.2, 0.25) is 0 Å². The van der Waals surface area contributed by atoms with Gasteiger partial charge in [0.1, 0.15) is 11.4 Å². The molecule has 4 rings (SSSR count). The molecule has 1 aliphatic rings. The van der Waals surface area contributed by atoms with Crippen molar-refractivity contribution in [2.75, 3.05) is 18.5 Å². The summed E-state index contributed by atoms with van der Waals surface area (Å²) in [6, 6.07) is 9.51. The van der Waals surface area contributed by atoms with Gasteiger partial charge in [0.2, 0.25) is 5.95 Å². The first-order chi connectivity index (χ1) is 12.2. The zero-order valence-electron chi connectivity index (χ0n) is 14.2. The van der Waals surface area contributed by atoms with Crippen LogP contribution in [0.3, 0.4) is 0 Å². The second-order valence-corrected chi connectivity index (χ2v) is 7.50. The Morgan fingerprint density at radius 1 is 1.36 bits per heavy atom. The number of nitrogens with two attached hydrogens (primary N) is 1. The molecular formula is C18H22N5OS+. The van der Waals surface area contributed by atoms with Gasteiger partial charge in [0.25, 0.3) is 5.56 Å². The van der Waals surface area contributed by atoms with E-state index in [0.29, 0.717) is 5.95 Å². The lowest BCUT2D eigenvalue weighted by molar-refractivity contribution is -0.915. The van der Waals surface area contributed by atoms with Crippen LogP contribution in [-0.2, 0) is 13.0 Å². The van der Waals surface area contributed by atoms with Crippen LogP contribution in [0.15, 0.2) is 35.1 Å². The van der Waals surface area contributed by atoms with Gasteiger partial charge in [-0.25, -0.2) is 15.4 Å². The van der Waals surface area contributed by atoms with Crippen LogP contribution in [-0.4, -0.2) is 22.6 Å². The molecule has 1 unspecified atom stereocenters. The number of nitrogen functional groups attached to an aromatic ring is 1. The number of rotatable bonds is 4. The Balaban J connectivity index is 1.92. The Bertz CT molecular complexity index is 963. The van der Waals surface area contributed by atoms with Crippen LogP contribution < -0.4 is 21.7 Å². The number of hydrogen-bond donors (Lipinski definition) is 3. The number of anilines is 1. The fraction of sp³-hybridized carbons (Fsp3) is 0.333. The Morgan fingerprint density at radius 2 is 2.16 bits per heavy atom. The lowest BCUT2D eigenvalue weighted by Gasteiger charge is -2.23. The van der Waals surface area contributed by atoms with E-state index < -0.39 is 0 Å². The zero-order valence-corrected chi connectivity index (χ0v) is 15.0. The first-order valence-electron chi connectivity index (χ1n) is 8.65. The van der Waals surface area contributed by atoms with Gasteiger partial charge in [0.15, 0.2) is 0 Å². The molecule has 1 aromatic carbocycles. The SMILES string of the molecule is CCC[NH+]1CCc2c(sc3nc(NN)n(-c4ccccc4)c(=O)c23)C1. The largest absolute Gasteiger partial charge is 0.330 e. The normalized spacial score (nSPS) is 16.8. The summed E-state index contributed by atoms with van der Waals surface area (Å²) in [4.78, 5) is 21.6. The lowest BCUT2D eigenvalue weighted by atomic mass is 10.1. The number of hydrazine groups is 1. The molecule has 0 fully saturated rings. The third-order valence-electron chi connectivity index (χ3n) is 4.79. The quantitative estimate of drug-likeness (QED) is 0.483. The van der Waals surface area contributed by atoms with E-state index in [9.17, 15) is 4.79 Å². The van der Waals surface area contributed by atoms with Gasteiger partial charge in [-0.1, -0.05) is 25.1 Å². The maximum atomic E-state index is 13.3. The van der Waals surface area contributed by atoms with Crippen molar-refractivity contribution < 1.29 is 4.90 Å². The lowest BCUT2D eigenvalue weighted by Crippen LogP contribution is -3.11. The molecule has 0 radical (unpaired) electrons. The molecule has 1 aliphatic heterocycles. The van der Waals surface area contributed by atoms with E-state index in [1.165, 1.54) is 23.4 Å². The van der Waals surface area contributed by atoms with Gasteiger partial charge >= 0.3 is 0 Å². The number of para-hydroxylation sites is 1. The summed E-state index contributed by atoms with van der Waals surface area (Å²) in [6.07, 6.45) is 2.11. The van der Waals surface area contributed by atoms with E-state index in [1.54, 1.807) is 20.8 Å². The Hall–Kier alpha value is -2.22. The summed E-state index contributed by atoms with van der Waals surface area (Å²) in [6.45, 7) is 5.45. The van der Waals surface area contributed by atoms with Crippen molar-refractivity contribution in [3.8, 4) is 5.69 Å². The van der Waals surface area contributed by atoms with Crippen LogP contribution in [0.4, 0.5) is 5.95 Å². The molecule has 4 N–H and O–H groups in total. The molecule has 0 saturated carbocycles. The second-order valence-electron chi connectivity index (χ2n) is 6.42. The molecule has 3 heterocycles. The van der Waals surface area contributed by atoms with Crippen molar-refractivity contribution in [1.82, 2.24) is 9.55 Å². The van der Waals surface area contributed by atoms with E-state index in [-0.39, 0.29) is 5.56 Å². The predicted octanol–water partition coefficient (Wildman–Crippen LogP) is 1.08. The molecule has 7 heteroatoms. The van der Waals surface area contributed by atoms with E-state index in [1.807, 2.05) is 30.3 Å². The van der Waals surface area contributed by atoms with E-state index in [0.717, 1.165) is 35.4 Å². The summed E-state index contributed by atoms with van der Waals surface area (Å²) >= 11 is 1.64. The zero-order chi connectivity index (χ0) is 17.4. The molecule has 3 aromatic rings. The molecule has 0 saturated heterocycles. The van der Waals surface area contributed by atoms with Gasteiger partial charge in [-0.2, -0.15) is 0 Å². The topological polar surface area (TPSA) is 77.4 Å². The fourth-order valence-electron chi connectivity index (χ4n) is 3.66. The highest BCUT2D eigenvalue weighted by Gasteiger charge is 2.27. The highest BCUT2D eigenvalue weighted by Crippen LogP contribution is 2.30. The summed E-state index contributed by atoms with van der Waals surface area (Å²) < 4.78 is 1.57. The number of thiophene rings is 1. The van der Waals surface area contributed by atoms with Crippen LogP contribution in [0.1, 0.15) is 23.8 Å². The van der Waals surface area contributed by atoms with Gasteiger partial charge in [0, 0.05) is 6.42 Å². The standard InChI is InChI=1S/C18H21N5OS/c1-2-9-22-10-8-13-14(11-22)25-16-15(13)17(24)23(18(20-16)21-19)12-6-4-3-5-7-12/h3-7H,2,8-11,19H2,1H3,(H,20,21)/p+1. The molecular weight excluding hydrogens is 334 g/mol. The molecule has 0 spiro atoms. The maximum Gasteiger partial charge on any atom is 0.268 e. The van der Waals surface area contributed by atoms with E-state index in [4.69, 9.17) is 5.84 Å². The Labute approximate surface area is 149 Å². The third-order valence-corrected chi connectivity index (χ3v) is 5.92. The average Bonchev–Trinajstić information content (AvgIpc) is 3.00. The number of fused-ring (bicyclic) bond motifs is 3. The fourth-order valence-corrected chi connectivity index (χ4v) is 4.94. The van der Waals surface area contributed by atoms with Crippen LogP contribution in [0.5, 0.6) is 0 Å². The molecule has 6 nitrogen and oxygen atoms in total. The van der Waals surface area contributed by atoms with Gasteiger partial charge in [-0.05, 0) is 24.1 Å². The Kier molecular flexibility index (Phi) is 4.29. The van der Waals surface area contributed by atoms with Crippen molar-refractivity contribution in [1.29, 1.82) is 0 Å². The van der Waals surface area contributed by atoms with Crippen molar-refractivity contribution in [3.63, 3.8) is 0 Å². The summed E-state index contributed by atoms with van der Waals surface area (Å²) in [5, 5.41) is 0.762. The maximum absolute atomic E-state index is 13.3. The van der Waals surface area contributed by atoms with Crippen molar-refractivity contribution >= 4 is 27.5 Å². The minimum Gasteiger partial charge on any atom is -0.330 e. The third kappa shape index (κ3) is 2.74. The number of quaternary nitrogens is 1. The minimum absolute atomic E-state index is 0.0411. The molecule has 25 heavy (non-hydrogen) atoms. The van der Waals surface area contributed by atoms with Gasteiger partial charge in [0.05, 0.1) is 29.0 Å². The van der Waals surface area contributed by atoms with Crippen molar-refractivity contribution in [3.05, 3.63) is 51.1 Å². The molecule has 130 valence electrons. The summed E-state index contributed by atoms with van der Waals surface area (Å²) in [5.41, 5.74) is 4.50. The van der Waals surface area contributed by atoms with Crippen LogP contribution in [0, 0.1) is 0 Å². The monoisotopic (exact) mass is 356 g/mol. The van der Waals surface area contributed by atoms with Crippen molar-refractivity contribution in [2.24, 2.45) is 5.84 Å². The summed E-state index contributed by atoms with van der Waals surface area (Å²) in [5.74, 6) is 6.04. The minimum atomic E-state index is -0.0411. The van der Waals surface area contributed by atoms with Crippen LogP contribution >= 0.6 is 11.3 Å². The number of hydrogen-bond acceptors (Lipinski definition) is 5. The molecule has 0 amide bonds. The average molecular weight is 356 g/mol. The van der Waals surface area contributed by atoms with E-state index in [2.05, 4.69) is 17.3 Å². The predicted molar refractivity (Wildman–Crippen MR) is 101 cm³/mol. The number of benzene rings is 1. The molecule has 2 aromatic heterocycles. The molecule has 0 aliphatic carbocycles. The molecule has 0 bridgehead atoms. The Morgan fingerprint density at radius 3 is 2.88 bits per heavy atom. The molecule has 1 atom stereocenters. The second kappa shape index (κ2) is 6.59. The van der Waals surface area contributed by atoms with Gasteiger partial charge < -0.3 is 4.90 Å². The van der Waals surface area contributed by atoms with Crippen molar-refractivity contribution in [2.45, 2.75) is 26.3 Å². The van der Waals surface area contributed by atoms with Crippen LogP contribution in [0.25, 0.3) is 15.9 Å². The van der Waals surface area contributed by atoms with Gasteiger partial charge in [-0.15, -0.1) is 11.3 Å². The highest BCUT2D eigenvalue weighted by molar-refractivity contribution is 7.18. The summed E-state index contributed by atoms with van der Waals surface area (Å²) in [7, 11) is 0. The number of aromatic nitrogens is 2. The first-order valence-corrected chi connectivity index (χ1v) is 9.47. The number of nitrogens with one attached hydrogen (secondary N) is 2. The highest BCUT2D eigenvalue weighted by atomic mass is 32.1. The van der Waals surface area contributed by atoms with Gasteiger partial charge in [-0.3, -0.25) is 10.2 Å². The number of nitrogens with zero attached hydrogens (tertiary/aromatic N) is 2. The van der Waals surface area contributed by atoms with E-state index >= 15 is 0 Å². The smallest absolute Gasteiger partial charge is 0.268 e.